The zero-order valence-corrected chi connectivity index (χ0v) is 11.0. The van der Waals surface area contributed by atoms with Gasteiger partial charge in [0.1, 0.15) is 0 Å². The number of halogens is 4. The molecule has 0 bridgehead atoms. The van der Waals surface area contributed by atoms with Gasteiger partial charge in [0.05, 0.1) is 22.3 Å². The summed E-state index contributed by atoms with van der Waals surface area (Å²) in [5.74, 6) is 0.204. The minimum atomic E-state index is -4.45. The molecule has 1 unspecified atom stereocenters. The van der Waals surface area contributed by atoms with Crippen molar-refractivity contribution in [2.45, 2.75) is 19.1 Å². The molecular weight excluding hydrogens is 297 g/mol. The standard InChI is InChI=1S/C11H10ClF3N4O/c1-5(16)9-18-19-10(20-9)17-8-3-2-6(4-7(8)12)11(13,14)15/h2-5H,16H2,1H3,(H,17,19). The molecule has 0 aliphatic rings. The molecular formula is C11H10ClF3N4O. The predicted octanol–water partition coefficient (Wildman–Crippen LogP) is 3.51. The van der Waals surface area contributed by atoms with Crippen LogP contribution >= 0.6 is 11.6 Å². The number of benzene rings is 1. The van der Waals surface area contributed by atoms with Crippen LogP contribution < -0.4 is 11.1 Å². The highest BCUT2D eigenvalue weighted by Crippen LogP contribution is 2.34. The molecule has 0 radical (unpaired) electrons. The Bertz CT molecular complexity index is 612. The van der Waals surface area contributed by atoms with E-state index in [4.69, 9.17) is 21.8 Å². The molecule has 1 atom stereocenters. The summed E-state index contributed by atoms with van der Waals surface area (Å²) in [7, 11) is 0. The van der Waals surface area contributed by atoms with Gasteiger partial charge in [-0.2, -0.15) is 13.2 Å². The van der Waals surface area contributed by atoms with Gasteiger partial charge >= 0.3 is 12.2 Å². The minimum Gasteiger partial charge on any atom is -0.406 e. The van der Waals surface area contributed by atoms with E-state index < -0.39 is 17.8 Å². The fraction of sp³-hybridized carbons (Fsp3) is 0.273. The van der Waals surface area contributed by atoms with Gasteiger partial charge in [0.15, 0.2) is 0 Å². The average molecular weight is 307 g/mol. The maximum Gasteiger partial charge on any atom is 0.416 e. The molecule has 1 heterocycles. The van der Waals surface area contributed by atoms with Gasteiger partial charge in [0, 0.05) is 0 Å². The third-order valence-corrected chi connectivity index (χ3v) is 2.68. The van der Waals surface area contributed by atoms with Crippen molar-refractivity contribution in [1.82, 2.24) is 10.2 Å². The largest absolute Gasteiger partial charge is 0.416 e. The molecule has 0 saturated heterocycles. The first-order valence-electron chi connectivity index (χ1n) is 5.50. The molecule has 0 amide bonds. The summed E-state index contributed by atoms with van der Waals surface area (Å²) in [6.45, 7) is 1.66. The van der Waals surface area contributed by atoms with Crippen molar-refractivity contribution in [3.8, 4) is 0 Å². The van der Waals surface area contributed by atoms with Gasteiger partial charge in [-0.3, -0.25) is 0 Å². The minimum absolute atomic E-state index is 0.000964. The maximum atomic E-state index is 12.5. The molecule has 3 N–H and O–H groups in total. The van der Waals surface area contributed by atoms with Gasteiger partial charge in [-0.1, -0.05) is 16.7 Å². The van der Waals surface area contributed by atoms with Crippen LogP contribution in [0.1, 0.15) is 24.4 Å². The summed E-state index contributed by atoms with van der Waals surface area (Å²) < 4.78 is 42.6. The molecule has 5 nitrogen and oxygen atoms in total. The normalized spacial score (nSPS) is 13.3. The lowest BCUT2D eigenvalue weighted by atomic mass is 10.2. The summed E-state index contributed by atoms with van der Waals surface area (Å²) in [4.78, 5) is 0. The van der Waals surface area contributed by atoms with Crippen LogP contribution in [0.2, 0.25) is 5.02 Å². The van der Waals surface area contributed by atoms with Crippen LogP contribution in [0.15, 0.2) is 22.6 Å². The molecule has 0 spiro atoms. The van der Waals surface area contributed by atoms with Crippen molar-refractivity contribution in [2.24, 2.45) is 5.73 Å². The molecule has 0 aliphatic heterocycles. The zero-order valence-electron chi connectivity index (χ0n) is 10.2. The Morgan fingerprint density at radius 1 is 1.35 bits per heavy atom. The Balaban J connectivity index is 2.21. The number of alkyl halides is 3. The van der Waals surface area contributed by atoms with Crippen molar-refractivity contribution in [3.05, 3.63) is 34.7 Å². The van der Waals surface area contributed by atoms with Crippen molar-refractivity contribution < 1.29 is 17.6 Å². The number of nitrogens with one attached hydrogen (secondary N) is 1. The molecule has 2 aromatic rings. The van der Waals surface area contributed by atoms with Gasteiger partial charge in [-0.25, -0.2) is 0 Å². The molecule has 1 aromatic carbocycles. The van der Waals surface area contributed by atoms with Gasteiger partial charge < -0.3 is 15.5 Å². The van der Waals surface area contributed by atoms with Crippen LogP contribution in [0.4, 0.5) is 24.9 Å². The van der Waals surface area contributed by atoms with Gasteiger partial charge in [-0.15, -0.1) is 5.10 Å². The molecule has 0 saturated carbocycles. The van der Waals surface area contributed by atoms with Crippen molar-refractivity contribution in [1.29, 1.82) is 0 Å². The molecule has 0 fully saturated rings. The summed E-state index contributed by atoms with van der Waals surface area (Å²) >= 11 is 5.78. The highest BCUT2D eigenvalue weighted by atomic mass is 35.5. The third-order valence-electron chi connectivity index (χ3n) is 2.37. The first kappa shape index (κ1) is 14.6. The monoisotopic (exact) mass is 306 g/mol. The third kappa shape index (κ3) is 3.20. The van der Waals surface area contributed by atoms with E-state index in [-0.39, 0.29) is 22.6 Å². The van der Waals surface area contributed by atoms with E-state index in [1.54, 1.807) is 6.92 Å². The number of hydrogen-bond acceptors (Lipinski definition) is 5. The lowest BCUT2D eigenvalue weighted by Gasteiger charge is -2.09. The maximum absolute atomic E-state index is 12.5. The van der Waals surface area contributed by atoms with Crippen molar-refractivity contribution in [3.63, 3.8) is 0 Å². The number of rotatable bonds is 3. The van der Waals surface area contributed by atoms with E-state index in [2.05, 4.69) is 15.5 Å². The Hall–Kier alpha value is -1.80. The van der Waals surface area contributed by atoms with Crippen LogP contribution in [0, 0.1) is 0 Å². The van der Waals surface area contributed by atoms with E-state index in [1.807, 2.05) is 0 Å². The highest BCUT2D eigenvalue weighted by Gasteiger charge is 2.31. The molecule has 20 heavy (non-hydrogen) atoms. The van der Waals surface area contributed by atoms with Gasteiger partial charge in [0.25, 0.3) is 0 Å². The second-order valence-electron chi connectivity index (χ2n) is 4.05. The first-order chi connectivity index (χ1) is 9.27. The van der Waals surface area contributed by atoms with E-state index in [1.165, 1.54) is 6.07 Å². The van der Waals surface area contributed by atoms with Crippen LogP contribution in [-0.4, -0.2) is 10.2 Å². The lowest BCUT2D eigenvalue weighted by molar-refractivity contribution is -0.137. The molecule has 0 aliphatic carbocycles. The number of nitrogens with two attached hydrogens (primary N) is 1. The topological polar surface area (TPSA) is 77.0 Å². The number of aromatic nitrogens is 2. The van der Waals surface area contributed by atoms with E-state index in [0.29, 0.717) is 0 Å². The van der Waals surface area contributed by atoms with E-state index in [9.17, 15) is 13.2 Å². The Morgan fingerprint density at radius 3 is 2.55 bits per heavy atom. The average Bonchev–Trinajstić information content (AvgIpc) is 2.79. The van der Waals surface area contributed by atoms with Gasteiger partial charge in [0.2, 0.25) is 5.89 Å². The quantitative estimate of drug-likeness (QED) is 0.907. The highest BCUT2D eigenvalue weighted by molar-refractivity contribution is 6.33. The predicted molar refractivity (Wildman–Crippen MR) is 66.6 cm³/mol. The summed E-state index contributed by atoms with van der Waals surface area (Å²) in [6, 6.07) is 2.45. The summed E-state index contributed by atoms with van der Waals surface area (Å²) in [5.41, 5.74) is 4.93. The molecule has 2 rings (SSSR count). The van der Waals surface area contributed by atoms with Crippen LogP contribution in [0.25, 0.3) is 0 Å². The van der Waals surface area contributed by atoms with E-state index in [0.717, 1.165) is 12.1 Å². The lowest BCUT2D eigenvalue weighted by Crippen LogP contribution is -2.05. The van der Waals surface area contributed by atoms with Crippen molar-refractivity contribution in [2.75, 3.05) is 5.32 Å². The second-order valence-corrected chi connectivity index (χ2v) is 4.46. The SMILES string of the molecule is CC(N)c1nnc(Nc2ccc(C(F)(F)F)cc2Cl)o1. The summed E-state index contributed by atoms with van der Waals surface area (Å²) in [5, 5.41) is 9.85. The number of hydrogen-bond donors (Lipinski definition) is 2. The van der Waals surface area contributed by atoms with Crippen LogP contribution in [-0.2, 0) is 6.18 Å². The Morgan fingerprint density at radius 2 is 2.05 bits per heavy atom. The molecule has 1 aromatic heterocycles. The number of nitrogens with zero attached hydrogens (tertiary/aromatic N) is 2. The Kier molecular flexibility index (Phi) is 3.87. The first-order valence-corrected chi connectivity index (χ1v) is 5.88. The Labute approximate surface area is 116 Å². The number of anilines is 2. The van der Waals surface area contributed by atoms with Crippen LogP contribution in [0.3, 0.4) is 0 Å². The van der Waals surface area contributed by atoms with E-state index >= 15 is 0 Å². The second kappa shape index (κ2) is 5.29. The zero-order chi connectivity index (χ0) is 14.9. The van der Waals surface area contributed by atoms with Crippen LogP contribution in [0.5, 0.6) is 0 Å². The smallest absolute Gasteiger partial charge is 0.406 e. The van der Waals surface area contributed by atoms with Crippen molar-refractivity contribution >= 4 is 23.3 Å². The summed E-state index contributed by atoms with van der Waals surface area (Å²) in [6.07, 6.45) is -4.45. The van der Waals surface area contributed by atoms with Gasteiger partial charge in [-0.05, 0) is 25.1 Å². The molecule has 9 heteroatoms. The molecule has 108 valence electrons. The fourth-order valence-corrected chi connectivity index (χ4v) is 1.60. The fourth-order valence-electron chi connectivity index (χ4n) is 1.38.